The topological polar surface area (TPSA) is 84.5 Å². The molecule has 6 nitrogen and oxygen atoms in total. The van der Waals surface area contributed by atoms with Crippen LogP contribution in [0.4, 0.5) is 5.69 Å². The molecule has 0 radical (unpaired) electrons. The summed E-state index contributed by atoms with van der Waals surface area (Å²) in [6.07, 6.45) is 5.80. The van der Waals surface area contributed by atoms with Crippen molar-refractivity contribution in [3.8, 4) is 5.75 Å². The molecule has 2 aromatic rings. The van der Waals surface area contributed by atoms with Crippen LogP contribution < -0.4 is 14.8 Å². The van der Waals surface area contributed by atoms with Crippen LogP contribution in [-0.2, 0) is 20.2 Å². The van der Waals surface area contributed by atoms with Crippen LogP contribution in [0.25, 0.3) is 0 Å². The number of carbonyl (C=O) groups is 1. The third-order valence-electron chi connectivity index (χ3n) is 5.85. The zero-order chi connectivity index (χ0) is 21.8. The third-order valence-corrected chi connectivity index (χ3v) is 6.45. The minimum absolute atomic E-state index is 0.0225. The fourth-order valence-electron chi connectivity index (χ4n) is 4.18. The number of nitrogens with one attached hydrogen (secondary N) is 2. The summed E-state index contributed by atoms with van der Waals surface area (Å²) in [7, 11) is -1.71. The number of benzene rings is 2. The summed E-state index contributed by atoms with van der Waals surface area (Å²) in [5, 5.41) is 3.20. The first kappa shape index (κ1) is 22.2. The lowest BCUT2D eigenvalue weighted by Gasteiger charge is -2.37. The van der Waals surface area contributed by atoms with E-state index in [2.05, 4.69) is 10.0 Å². The van der Waals surface area contributed by atoms with Gasteiger partial charge in [0, 0.05) is 5.69 Å². The Morgan fingerprint density at radius 1 is 1.00 bits per heavy atom. The average molecular weight is 431 g/mol. The van der Waals surface area contributed by atoms with Gasteiger partial charge >= 0.3 is 0 Å². The Kier molecular flexibility index (Phi) is 6.71. The highest BCUT2D eigenvalue weighted by atomic mass is 32.2. The first-order valence-corrected chi connectivity index (χ1v) is 12.2. The second-order valence-electron chi connectivity index (χ2n) is 8.06. The molecular weight excluding hydrogens is 400 g/mol. The molecule has 0 heterocycles. The summed E-state index contributed by atoms with van der Waals surface area (Å²) in [6.45, 7) is 1.98. The van der Waals surface area contributed by atoms with Crippen molar-refractivity contribution >= 4 is 21.6 Å². The number of hydrogen-bond acceptors (Lipinski definition) is 4. The summed E-state index contributed by atoms with van der Waals surface area (Å²) in [4.78, 5) is 13.5. The Labute approximate surface area is 179 Å². The molecule has 0 aliphatic heterocycles. The van der Waals surface area contributed by atoms with Gasteiger partial charge in [-0.1, -0.05) is 43.5 Å². The first-order chi connectivity index (χ1) is 14.2. The second kappa shape index (κ2) is 9.08. The first-order valence-electron chi connectivity index (χ1n) is 10.3. The van der Waals surface area contributed by atoms with Crippen molar-refractivity contribution in [2.24, 2.45) is 0 Å². The van der Waals surface area contributed by atoms with E-state index in [1.165, 1.54) is 0 Å². The van der Waals surface area contributed by atoms with Crippen LogP contribution in [0.15, 0.2) is 48.5 Å². The van der Waals surface area contributed by atoms with Crippen molar-refractivity contribution in [1.29, 1.82) is 0 Å². The molecule has 0 spiro atoms. The molecule has 162 valence electrons. The maximum absolute atomic E-state index is 13.5. The Bertz CT molecular complexity index is 963. The van der Waals surface area contributed by atoms with Crippen LogP contribution in [0.3, 0.4) is 0 Å². The molecule has 1 saturated carbocycles. The van der Waals surface area contributed by atoms with Crippen molar-refractivity contribution in [2.75, 3.05) is 18.1 Å². The Morgan fingerprint density at radius 2 is 1.60 bits per heavy atom. The van der Waals surface area contributed by atoms with E-state index in [0.717, 1.165) is 55.2 Å². The summed E-state index contributed by atoms with van der Waals surface area (Å²) < 4.78 is 30.6. The van der Waals surface area contributed by atoms with Crippen molar-refractivity contribution in [1.82, 2.24) is 5.32 Å². The molecule has 1 fully saturated rings. The summed E-state index contributed by atoms with van der Waals surface area (Å²) >= 11 is 0. The van der Waals surface area contributed by atoms with Gasteiger partial charge in [-0.3, -0.25) is 9.52 Å². The molecule has 1 atom stereocenters. The van der Waals surface area contributed by atoms with Crippen LogP contribution in [0, 0.1) is 0 Å². The van der Waals surface area contributed by atoms with Crippen molar-refractivity contribution < 1.29 is 17.9 Å². The highest BCUT2D eigenvalue weighted by Gasteiger charge is 2.41. The smallest absolute Gasteiger partial charge is 0.231 e. The monoisotopic (exact) mass is 430 g/mol. The summed E-state index contributed by atoms with van der Waals surface area (Å²) in [5.41, 5.74) is 1.85. The van der Waals surface area contributed by atoms with E-state index >= 15 is 0 Å². The van der Waals surface area contributed by atoms with E-state index in [1.54, 1.807) is 19.2 Å². The average Bonchev–Trinajstić information content (AvgIpc) is 2.73. The van der Waals surface area contributed by atoms with Gasteiger partial charge in [0.05, 0.1) is 24.8 Å². The fourth-order valence-corrected chi connectivity index (χ4v) is 4.75. The predicted molar refractivity (Wildman–Crippen MR) is 119 cm³/mol. The van der Waals surface area contributed by atoms with Crippen molar-refractivity contribution in [3.05, 3.63) is 59.7 Å². The van der Waals surface area contributed by atoms with Crippen LogP contribution in [0.1, 0.15) is 56.2 Å². The van der Waals surface area contributed by atoms with E-state index in [0.29, 0.717) is 5.69 Å². The SMILES string of the molecule is COc1ccc(C(C)NC(=O)C2(c3ccc(NS(C)(=O)=O)cc3)CCCCC2)cc1. The number of sulfonamides is 1. The highest BCUT2D eigenvalue weighted by molar-refractivity contribution is 7.92. The van der Waals surface area contributed by atoms with E-state index in [4.69, 9.17) is 4.74 Å². The summed E-state index contributed by atoms with van der Waals surface area (Å²) in [5.74, 6) is 0.804. The van der Waals surface area contributed by atoms with E-state index in [-0.39, 0.29) is 11.9 Å². The van der Waals surface area contributed by atoms with Gasteiger partial charge < -0.3 is 10.1 Å². The highest BCUT2D eigenvalue weighted by Crippen LogP contribution is 2.40. The molecule has 1 amide bonds. The Balaban J connectivity index is 1.82. The molecule has 2 N–H and O–H groups in total. The van der Waals surface area contributed by atoms with Crippen LogP contribution in [0.2, 0.25) is 0 Å². The Morgan fingerprint density at radius 3 is 2.13 bits per heavy atom. The molecule has 1 unspecified atom stereocenters. The molecule has 30 heavy (non-hydrogen) atoms. The molecule has 1 aliphatic rings. The predicted octanol–water partition coefficient (Wildman–Crippen LogP) is 4.15. The van der Waals surface area contributed by atoms with Crippen LogP contribution in [-0.4, -0.2) is 27.7 Å². The molecule has 3 rings (SSSR count). The number of methoxy groups -OCH3 is 1. The maximum atomic E-state index is 13.5. The van der Waals surface area contributed by atoms with Gasteiger partial charge in [-0.25, -0.2) is 8.42 Å². The molecule has 7 heteroatoms. The minimum Gasteiger partial charge on any atom is -0.497 e. The number of hydrogen-bond donors (Lipinski definition) is 2. The van der Waals surface area contributed by atoms with Gasteiger partial charge in [0.25, 0.3) is 0 Å². The Hall–Kier alpha value is -2.54. The quantitative estimate of drug-likeness (QED) is 0.691. The molecule has 0 saturated heterocycles. The zero-order valence-electron chi connectivity index (χ0n) is 17.8. The second-order valence-corrected chi connectivity index (χ2v) is 9.81. The van der Waals surface area contributed by atoms with Gasteiger partial charge in [-0.2, -0.15) is 0 Å². The van der Waals surface area contributed by atoms with Crippen molar-refractivity contribution in [2.45, 2.75) is 50.5 Å². The third kappa shape index (κ3) is 5.14. The lowest BCUT2D eigenvalue weighted by atomic mass is 9.68. The van der Waals surface area contributed by atoms with Crippen molar-refractivity contribution in [3.63, 3.8) is 0 Å². The lowest BCUT2D eigenvalue weighted by molar-refractivity contribution is -0.128. The van der Waals surface area contributed by atoms with Crippen LogP contribution in [0.5, 0.6) is 5.75 Å². The fraction of sp³-hybridized carbons (Fsp3) is 0.435. The number of rotatable bonds is 7. The van der Waals surface area contributed by atoms with Gasteiger partial charge in [-0.05, 0) is 55.2 Å². The molecule has 0 aromatic heterocycles. The minimum atomic E-state index is -3.34. The zero-order valence-corrected chi connectivity index (χ0v) is 18.6. The number of amides is 1. The molecule has 2 aromatic carbocycles. The van der Waals surface area contributed by atoms with Crippen LogP contribution >= 0.6 is 0 Å². The molecule has 1 aliphatic carbocycles. The molecular formula is C23H30N2O4S. The number of carbonyl (C=O) groups excluding carboxylic acids is 1. The van der Waals surface area contributed by atoms with Gasteiger partial charge in [0.1, 0.15) is 5.75 Å². The largest absolute Gasteiger partial charge is 0.497 e. The normalized spacial score (nSPS) is 17.0. The maximum Gasteiger partial charge on any atom is 0.231 e. The standard InChI is InChI=1S/C23H30N2O4S/c1-17(18-7-13-21(29-2)14-8-18)24-22(26)23(15-5-4-6-16-23)19-9-11-20(12-10-19)25-30(3,27)28/h7-14,17,25H,4-6,15-16H2,1-3H3,(H,24,26). The van der Waals surface area contributed by atoms with Gasteiger partial charge in [0.15, 0.2) is 0 Å². The number of anilines is 1. The van der Waals surface area contributed by atoms with Gasteiger partial charge in [-0.15, -0.1) is 0 Å². The molecule has 0 bridgehead atoms. The van der Waals surface area contributed by atoms with E-state index in [1.807, 2.05) is 43.3 Å². The lowest BCUT2D eigenvalue weighted by Crippen LogP contribution is -2.46. The number of ether oxygens (including phenoxy) is 1. The van der Waals surface area contributed by atoms with E-state index < -0.39 is 15.4 Å². The van der Waals surface area contributed by atoms with E-state index in [9.17, 15) is 13.2 Å². The summed E-state index contributed by atoms with van der Waals surface area (Å²) in [6, 6.07) is 14.8. The van der Waals surface area contributed by atoms with Gasteiger partial charge in [0.2, 0.25) is 15.9 Å².